The Morgan fingerprint density at radius 2 is 2.38 bits per heavy atom. The molecule has 16 heavy (non-hydrogen) atoms. The van der Waals surface area contributed by atoms with E-state index in [2.05, 4.69) is 15.3 Å². The topological polar surface area (TPSA) is 98.1 Å². The first-order valence-corrected chi connectivity index (χ1v) is 4.42. The summed E-state index contributed by atoms with van der Waals surface area (Å²) in [4.78, 5) is 13.9. The fourth-order valence-corrected chi connectivity index (χ4v) is 1.06. The summed E-state index contributed by atoms with van der Waals surface area (Å²) in [5, 5.41) is 14.9. The molecule has 6 nitrogen and oxygen atoms in total. The molecule has 0 bridgehead atoms. The maximum atomic E-state index is 12.6. The van der Waals surface area contributed by atoms with Crippen LogP contribution in [-0.4, -0.2) is 24.1 Å². The van der Waals surface area contributed by atoms with Crippen LogP contribution in [0.15, 0.2) is 23.3 Å². The van der Waals surface area contributed by atoms with Gasteiger partial charge >= 0.3 is 0 Å². The van der Waals surface area contributed by atoms with Gasteiger partial charge < -0.3 is 10.4 Å². The van der Waals surface area contributed by atoms with E-state index in [1.54, 1.807) is 0 Å². The van der Waals surface area contributed by atoms with Crippen LogP contribution in [0.25, 0.3) is 10.4 Å². The third-order valence-electron chi connectivity index (χ3n) is 1.77. The lowest BCUT2D eigenvalue weighted by molar-refractivity contribution is 0.0952. The molecule has 84 valence electrons. The SMILES string of the molecule is [N-]=[N+]=NCCNC(=O)c1ccc(F)cc1O. The van der Waals surface area contributed by atoms with E-state index in [9.17, 15) is 14.3 Å². The average molecular weight is 224 g/mol. The lowest BCUT2D eigenvalue weighted by atomic mass is 10.2. The molecule has 1 aromatic rings. The number of carbonyl (C=O) groups excluding carboxylic acids is 1. The van der Waals surface area contributed by atoms with Crippen LogP contribution in [0.5, 0.6) is 5.75 Å². The summed E-state index contributed by atoms with van der Waals surface area (Å²) in [5.74, 6) is -1.60. The number of halogens is 1. The number of phenolic OH excluding ortho intramolecular Hbond substituents is 1. The monoisotopic (exact) mass is 224 g/mol. The minimum Gasteiger partial charge on any atom is -0.507 e. The molecule has 0 aliphatic heterocycles. The van der Waals surface area contributed by atoms with Gasteiger partial charge in [-0.25, -0.2) is 4.39 Å². The predicted molar refractivity (Wildman–Crippen MR) is 54.4 cm³/mol. The van der Waals surface area contributed by atoms with Crippen LogP contribution in [0.2, 0.25) is 0 Å². The van der Waals surface area contributed by atoms with Crippen LogP contribution in [0.1, 0.15) is 10.4 Å². The number of nitrogens with one attached hydrogen (secondary N) is 1. The molecule has 0 unspecified atom stereocenters. The Labute approximate surface area is 90.3 Å². The van der Waals surface area contributed by atoms with E-state index in [1.807, 2.05) is 0 Å². The summed E-state index contributed by atoms with van der Waals surface area (Å²) < 4.78 is 12.6. The zero-order valence-electron chi connectivity index (χ0n) is 8.22. The van der Waals surface area contributed by atoms with Crippen molar-refractivity contribution in [2.24, 2.45) is 5.11 Å². The van der Waals surface area contributed by atoms with Gasteiger partial charge in [-0.2, -0.15) is 0 Å². The Bertz CT molecular complexity index is 443. The zero-order valence-corrected chi connectivity index (χ0v) is 8.22. The van der Waals surface area contributed by atoms with Crippen molar-refractivity contribution < 1.29 is 14.3 Å². The van der Waals surface area contributed by atoms with Crippen molar-refractivity contribution in [2.45, 2.75) is 0 Å². The van der Waals surface area contributed by atoms with Gasteiger partial charge in [-0.1, -0.05) is 5.11 Å². The average Bonchev–Trinajstić information content (AvgIpc) is 2.24. The van der Waals surface area contributed by atoms with E-state index < -0.39 is 17.5 Å². The van der Waals surface area contributed by atoms with Crippen molar-refractivity contribution >= 4 is 5.91 Å². The van der Waals surface area contributed by atoms with Crippen LogP contribution < -0.4 is 5.32 Å². The molecule has 1 aromatic carbocycles. The second-order valence-electron chi connectivity index (χ2n) is 2.87. The fourth-order valence-electron chi connectivity index (χ4n) is 1.06. The number of rotatable bonds is 4. The molecule has 0 aliphatic rings. The van der Waals surface area contributed by atoms with Crippen LogP contribution in [-0.2, 0) is 0 Å². The second-order valence-corrected chi connectivity index (χ2v) is 2.87. The van der Waals surface area contributed by atoms with Gasteiger partial charge in [-0.3, -0.25) is 4.79 Å². The van der Waals surface area contributed by atoms with E-state index in [1.165, 1.54) is 6.07 Å². The van der Waals surface area contributed by atoms with Gasteiger partial charge in [0, 0.05) is 24.1 Å². The molecule has 1 amide bonds. The highest BCUT2D eigenvalue weighted by molar-refractivity contribution is 5.96. The second kappa shape index (κ2) is 5.57. The lowest BCUT2D eigenvalue weighted by Crippen LogP contribution is -2.25. The quantitative estimate of drug-likeness (QED) is 0.351. The molecule has 0 spiro atoms. The number of benzene rings is 1. The molecular formula is C9H9FN4O2. The van der Waals surface area contributed by atoms with E-state index in [0.29, 0.717) is 0 Å². The van der Waals surface area contributed by atoms with Crippen LogP contribution in [0.3, 0.4) is 0 Å². The van der Waals surface area contributed by atoms with Gasteiger partial charge in [0.2, 0.25) is 0 Å². The highest BCUT2D eigenvalue weighted by Crippen LogP contribution is 2.17. The number of carbonyl (C=O) groups is 1. The van der Waals surface area contributed by atoms with Gasteiger partial charge in [0.15, 0.2) is 0 Å². The van der Waals surface area contributed by atoms with Gasteiger partial charge in [0.25, 0.3) is 5.91 Å². The molecule has 0 saturated heterocycles. The van der Waals surface area contributed by atoms with Crippen molar-refractivity contribution in [2.75, 3.05) is 13.1 Å². The zero-order chi connectivity index (χ0) is 12.0. The van der Waals surface area contributed by atoms with Crippen LogP contribution in [0.4, 0.5) is 4.39 Å². The number of hydrogen-bond donors (Lipinski definition) is 2. The predicted octanol–water partition coefficient (Wildman–Crippen LogP) is 1.57. The third-order valence-corrected chi connectivity index (χ3v) is 1.77. The van der Waals surface area contributed by atoms with Crippen molar-refractivity contribution in [3.8, 4) is 5.75 Å². The van der Waals surface area contributed by atoms with Gasteiger partial charge in [0.05, 0.1) is 5.56 Å². The molecule has 0 fully saturated rings. The van der Waals surface area contributed by atoms with E-state index in [4.69, 9.17) is 5.53 Å². The normalized spacial score (nSPS) is 9.31. The first kappa shape index (κ1) is 11.8. The summed E-state index contributed by atoms with van der Waals surface area (Å²) in [6.07, 6.45) is 0. The molecule has 0 aliphatic carbocycles. The van der Waals surface area contributed by atoms with Crippen molar-refractivity contribution in [3.05, 3.63) is 40.0 Å². The van der Waals surface area contributed by atoms with Crippen molar-refractivity contribution in [3.63, 3.8) is 0 Å². The van der Waals surface area contributed by atoms with Gasteiger partial charge in [-0.15, -0.1) is 0 Å². The van der Waals surface area contributed by atoms with E-state index in [-0.39, 0.29) is 18.7 Å². The minimum atomic E-state index is -0.622. The Morgan fingerprint density at radius 3 is 3.00 bits per heavy atom. The Balaban J connectivity index is 2.62. The Hall–Kier alpha value is -2.27. The summed E-state index contributed by atoms with van der Waals surface area (Å²) >= 11 is 0. The van der Waals surface area contributed by atoms with Gasteiger partial charge in [-0.05, 0) is 17.7 Å². The van der Waals surface area contributed by atoms with Crippen molar-refractivity contribution in [1.82, 2.24) is 5.32 Å². The number of amides is 1. The highest BCUT2D eigenvalue weighted by Gasteiger charge is 2.10. The molecule has 1 rings (SSSR count). The summed E-state index contributed by atoms with van der Waals surface area (Å²) in [6, 6.07) is 3.10. The number of phenols is 1. The Kier molecular flexibility index (Phi) is 4.11. The van der Waals surface area contributed by atoms with E-state index >= 15 is 0 Å². The standard InChI is InChI=1S/C9H9FN4O2/c10-6-1-2-7(8(15)5-6)9(16)12-3-4-13-14-11/h1-2,5,15H,3-4H2,(H,12,16). The molecular weight excluding hydrogens is 215 g/mol. The summed E-state index contributed by atoms with van der Waals surface area (Å²) in [7, 11) is 0. The highest BCUT2D eigenvalue weighted by atomic mass is 19.1. The molecule has 0 atom stereocenters. The molecule has 0 saturated carbocycles. The van der Waals surface area contributed by atoms with Crippen LogP contribution >= 0.6 is 0 Å². The van der Waals surface area contributed by atoms with E-state index in [0.717, 1.165) is 12.1 Å². The number of azide groups is 1. The third kappa shape index (κ3) is 3.14. The molecule has 0 aromatic heterocycles. The number of nitrogens with zero attached hydrogens (tertiary/aromatic N) is 3. The van der Waals surface area contributed by atoms with Crippen molar-refractivity contribution in [1.29, 1.82) is 0 Å². The smallest absolute Gasteiger partial charge is 0.255 e. The Morgan fingerprint density at radius 1 is 1.62 bits per heavy atom. The summed E-state index contributed by atoms with van der Waals surface area (Å²) in [5.41, 5.74) is 7.96. The lowest BCUT2D eigenvalue weighted by Gasteiger charge is -2.05. The largest absolute Gasteiger partial charge is 0.507 e. The number of hydrogen-bond acceptors (Lipinski definition) is 3. The maximum Gasteiger partial charge on any atom is 0.255 e. The first-order valence-electron chi connectivity index (χ1n) is 4.42. The minimum absolute atomic E-state index is 0.0256. The summed E-state index contributed by atoms with van der Waals surface area (Å²) in [6.45, 7) is 0.268. The molecule has 0 radical (unpaired) electrons. The fraction of sp³-hybridized carbons (Fsp3) is 0.222. The molecule has 7 heteroatoms. The maximum absolute atomic E-state index is 12.6. The first-order chi connectivity index (χ1) is 7.65. The molecule has 0 heterocycles. The van der Waals surface area contributed by atoms with Crippen LogP contribution in [0, 0.1) is 5.82 Å². The van der Waals surface area contributed by atoms with Gasteiger partial charge in [0.1, 0.15) is 11.6 Å². The number of aromatic hydroxyl groups is 1. The molecule has 2 N–H and O–H groups in total.